The molecule has 4 nitrogen and oxygen atoms in total. The van der Waals surface area contributed by atoms with Crippen molar-refractivity contribution in [3.8, 4) is 5.75 Å². The van der Waals surface area contributed by atoms with E-state index < -0.39 is 12.0 Å². The van der Waals surface area contributed by atoms with Crippen LogP contribution in [-0.4, -0.2) is 23.7 Å². The standard InChI is InChI=1S/C12H16BrNO3/c1-3-17-11-5-4-9(6-10(11)13)7-14-8(2)12(15)16/h4-6,8,14H,3,7H2,1-2H3,(H,15,16). The number of aliphatic carboxylic acids is 1. The predicted octanol–water partition coefficient (Wildman–Crippen LogP) is 2.41. The van der Waals surface area contributed by atoms with Gasteiger partial charge in [0.15, 0.2) is 0 Å². The highest BCUT2D eigenvalue weighted by atomic mass is 79.9. The Hall–Kier alpha value is -1.07. The molecule has 0 aromatic heterocycles. The molecule has 1 aromatic carbocycles. The summed E-state index contributed by atoms with van der Waals surface area (Å²) in [5, 5.41) is 11.7. The van der Waals surface area contributed by atoms with E-state index in [4.69, 9.17) is 9.84 Å². The van der Waals surface area contributed by atoms with Crippen LogP contribution >= 0.6 is 15.9 Å². The van der Waals surface area contributed by atoms with Gasteiger partial charge in [0, 0.05) is 6.54 Å². The topological polar surface area (TPSA) is 58.6 Å². The molecule has 0 aliphatic rings. The Labute approximate surface area is 109 Å². The smallest absolute Gasteiger partial charge is 0.320 e. The lowest BCUT2D eigenvalue weighted by Crippen LogP contribution is -2.33. The first-order valence-electron chi connectivity index (χ1n) is 5.42. The molecule has 17 heavy (non-hydrogen) atoms. The lowest BCUT2D eigenvalue weighted by molar-refractivity contribution is -0.139. The van der Waals surface area contributed by atoms with Crippen molar-refractivity contribution in [2.75, 3.05) is 6.61 Å². The molecular formula is C12H16BrNO3. The molecule has 0 aliphatic heterocycles. The van der Waals surface area contributed by atoms with Crippen molar-refractivity contribution in [2.45, 2.75) is 26.4 Å². The number of carboxylic acid groups (broad SMARTS) is 1. The lowest BCUT2D eigenvalue weighted by atomic mass is 10.2. The first-order chi connectivity index (χ1) is 8.04. The van der Waals surface area contributed by atoms with Gasteiger partial charge in [-0.3, -0.25) is 4.79 Å². The fourth-order valence-corrected chi connectivity index (χ4v) is 1.83. The number of hydrogen-bond donors (Lipinski definition) is 2. The maximum absolute atomic E-state index is 10.6. The van der Waals surface area contributed by atoms with Crippen LogP contribution in [0.1, 0.15) is 19.4 Å². The average molecular weight is 302 g/mol. The van der Waals surface area contributed by atoms with E-state index in [9.17, 15) is 4.79 Å². The Balaban J connectivity index is 2.61. The highest BCUT2D eigenvalue weighted by Gasteiger charge is 2.09. The highest BCUT2D eigenvalue weighted by molar-refractivity contribution is 9.10. The van der Waals surface area contributed by atoms with Gasteiger partial charge in [-0.15, -0.1) is 0 Å². The van der Waals surface area contributed by atoms with Gasteiger partial charge in [-0.05, 0) is 47.5 Å². The molecule has 1 unspecified atom stereocenters. The summed E-state index contributed by atoms with van der Waals surface area (Å²) in [6.07, 6.45) is 0. The maximum Gasteiger partial charge on any atom is 0.320 e. The second-order valence-corrected chi connectivity index (χ2v) is 4.49. The van der Waals surface area contributed by atoms with Crippen LogP contribution < -0.4 is 10.1 Å². The first kappa shape index (κ1) is 14.0. The molecule has 0 spiro atoms. The zero-order valence-corrected chi connectivity index (χ0v) is 11.5. The quantitative estimate of drug-likeness (QED) is 0.847. The van der Waals surface area contributed by atoms with Crippen LogP contribution in [0, 0.1) is 0 Å². The zero-order chi connectivity index (χ0) is 12.8. The van der Waals surface area contributed by atoms with E-state index >= 15 is 0 Å². The maximum atomic E-state index is 10.6. The van der Waals surface area contributed by atoms with Crippen LogP contribution in [0.15, 0.2) is 22.7 Å². The van der Waals surface area contributed by atoms with E-state index in [1.54, 1.807) is 6.92 Å². The molecule has 1 rings (SSSR count). The minimum Gasteiger partial charge on any atom is -0.493 e. The summed E-state index contributed by atoms with van der Waals surface area (Å²) in [5.74, 6) is -0.0578. The van der Waals surface area contributed by atoms with Crippen LogP contribution in [0.2, 0.25) is 0 Å². The van der Waals surface area contributed by atoms with Crippen molar-refractivity contribution in [3.63, 3.8) is 0 Å². The molecule has 0 fully saturated rings. The zero-order valence-electron chi connectivity index (χ0n) is 9.87. The van der Waals surface area contributed by atoms with E-state index in [0.717, 1.165) is 15.8 Å². The van der Waals surface area contributed by atoms with Crippen LogP contribution in [0.4, 0.5) is 0 Å². The van der Waals surface area contributed by atoms with Gasteiger partial charge in [-0.25, -0.2) is 0 Å². The first-order valence-corrected chi connectivity index (χ1v) is 6.21. The molecule has 94 valence electrons. The van der Waals surface area contributed by atoms with Crippen LogP contribution in [-0.2, 0) is 11.3 Å². The van der Waals surface area contributed by atoms with Gasteiger partial charge in [0.2, 0.25) is 0 Å². The fraction of sp³-hybridized carbons (Fsp3) is 0.417. The molecule has 0 saturated carbocycles. The Morgan fingerprint density at radius 3 is 2.82 bits per heavy atom. The minimum atomic E-state index is -0.852. The molecule has 0 aliphatic carbocycles. The van der Waals surface area contributed by atoms with E-state index in [-0.39, 0.29) is 0 Å². The molecular weight excluding hydrogens is 286 g/mol. The van der Waals surface area contributed by atoms with Gasteiger partial charge >= 0.3 is 5.97 Å². The van der Waals surface area contributed by atoms with Gasteiger partial charge in [-0.1, -0.05) is 6.07 Å². The van der Waals surface area contributed by atoms with E-state index in [1.165, 1.54) is 0 Å². The summed E-state index contributed by atoms with van der Waals surface area (Å²) in [7, 11) is 0. The van der Waals surface area contributed by atoms with Crippen molar-refractivity contribution in [1.82, 2.24) is 5.32 Å². The summed E-state index contributed by atoms with van der Waals surface area (Å²) >= 11 is 3.41. The van der Waals surface area contributed by atoms with E-state index in [2.05, 4.69) is 21.2 Å². The molecule has 0 radical (unpaired) electrons. The second-order valence-electron chi connectivity index (χ2n) is 3.64. The SMILES string of the molecule is CCOc1ccc(CNC(C)C(=O)O)cc1Br. The second kappa shape index (κ2) is 6.61. The summed E-state index contributed by atoms with van der Waals surface area (Å²) in [5.41, 5.74) is 1.01. The molecule has 0 bridgehead atoms. The molecule has 1 atom stereocenters. The summed E-state index contributed by atoms with van der Waals surface area (Å²) in [4.78, 5) is 10.6. The highest BCUT2D eigenvalue weighted by Crippen LogP contribution is 2.25. The largest absolute Gasteiger partial charge is 0.493 e. The Morgan fingerprint density at radius 1 is 1.59 bits per heavy atom. The number of carboxylic acids is 1. The number of halogens is 1. The number of benzene rings is 1. The summed E-state index contributed by atoms with van der Waals surface area (Å²) < 4.78 is 6.27. The number of ether oxygens (including phenoxy) is 1. The third-order valence-corrected chi connectivity index (χ3v) is 2.90. The third-order valence-electron chi connectivity index (χ3n) is 2.28. The van der Waals surface area contributed by atoms with Crippen LogP contribution in [0.25, 0.3) is 0 Å². The van der Waals surface area contributed by atoms with Crippen molar-refractivity contribution in [2.24, 2.45) is 0 Å². The molecule has 2 N–H and O–H groups in total. The minimum absolute atomic E-state index is 0.512. The Kier molecular flexibility index (Phi) is 5.44. The normalized spacial score (nSPS) is 12.2. The van der Waals surface area contributed by atoms with Crippen molar-refractivity contribution in [3.05, 3.63) is 28.2 Å². The third kappa shape index (κ3) is 4.36. The molecule has 0 saturated heterocycles. The van der Waals surface area contributed by atoms with Crippen LogP contribution in [0.3, 0.4) is 0 Å². The summed E-state index contributed by atoms with van der Waals surface area (Å²) in [6.45, 7) is 4.67. The van der Waals surface area contributed by atoms with Gasteiger partial charge in [-0.2, -0.15) is 0 Å². The van der Waals surface area contributed by atoms with Crippen molar-refractivity contribution in [1.29, 1.82) is 0 Å². The van der Waals surface area contributed by atoms with Crippen molar-refractivity contribution >= 4 is 21.9 Å². The Bertz CT molecular complexity index is 395. The average Bonchev–Trinajstić information content (AvgIpc) is 2.29. The fourth-order valence-electron chi connectivity index (χ4n) is 1.29. The van der Waals surface area contributed by atoms with Gasteiger partial charge in [0.05, 0.1) is 11.1 Å². The Morgan fingerprint density at radius 2 is 2.29 bits per heavy atom. The molecule has 1 aromatic rings. The van der Waals surface area contributed by atoms with Gasteiger partial charge in [0.25, 0.3) is 0 Å². The number of hydrogen-bond acceptors (Lipinski definition) is 3. The monoisotopic (exact) mass is 301 g/mol. The van der Waals surface area contributed by atoms with E-state index in [1.807, 2.05) is 25.1 Å². The van der Waals surface area contributed by atoms with Gasteiger partial charge < -0.3 is 15.2 Å². The molecule has 5 heteroatoms. The van der Waals surface area contributed by atoms with Crippen molar-refractivity contribution < 1.29 is 14.6 Å². The number of rotatable bonds is 6. The van der Waals surface area contributed by atoms with Crippen LogP contribution in [0.5, 0.6) is 5.75 Å². The number of carbonyl (C=O) groups is 1. The predicted molar refractivity (Wildman–Crippen MR) is 69.2 cm³/mol. The molecule has 0 heterocycles. The van der Waals surface area contributed by atoms with E-state index in [0.29, 0.717) is 13.2 Å². The van der Waals surface area contributed by atoms with Gasteiger partial charge in [0.1, 0.15) is 11.8 Å². The lowest BCUT2D eigenvalue weighted by Gasteiger charge is -2.11. The number of nitrogens with one attached hydrogen (secondary N) is 1. The molecule has 0 amide bonds. The summed E-state index contributed by atoms with van der Waals surface area (Å²) in [6, 6.07) is 5.15.